The molecule has 0 unspecified atom stereocenters. The number of ketones is 2. The average Bonchev–Trinajstić information content (AvgIpc) is 2.31. The maximum Gasteiger partial charge on any atom is 0.240 e. The molecule has 0 amide bonds. The van der Waals surface area contributed by atoms with Gasteiger partial charge in [0.2, 0.25) is 12.2 Å². The molecule has 1 aromatic carbocycles. The lowest BCUT2D eigenvalue weighted by Crippen LogP contribution is -2.01. The Labute approximate surface area is 103 Å². The second kappa shape index (κ2) is 8.47. The van der Waals surface area contributed by atoms with Crippen molar-refractivity contribution in [3.05, 3.63) is 24.3 Å². The standard InChI is InChI=1S/C8H4N2O2.C4H6O2/c11-5-9-7-2-1-3-8(4-7)10-6-12;1-3(5)4(2)6/h1-4H;1-2H3. The molecule has 1 rings (SSSR count). The Morgan fingerprint density at radius 1 is 0.944 bits per heavy atom. The largest absolute Gasteiger partial charge is 0.291 e. The minimum absolute atomic E-state index is 0.380. The van der Waals surface area contributed by atoms with E-state index in [9.17, 15) is 19.2 Å². The van der Waals surface area contributed by atoms with E-state index in [0.717, 1.165) is 0 Å². The van der Waals surface area contributed by atoms with E-state index in [2.05, 4.69) is 9.98 Å². The third kappa shape index (κ3) is 6.74. The first-order valence-electron chi connectivity index (χ1n) is 4.78. The number of carbonyl (C=O) groups excluding carboxylic acids is 4. The van der Waals surface area contributed by atoms with Crippen molar-refractivity contribution in [3.63, 3.8) is 0 Å². The van der Waals surface area contributed by atoms with Gasteiger partial charge >= 0.3 is 0 Å². The summed E-state index contributed by atoms with van der Waals surface area (Å²) in [5, 5.41) is 0. The summed E-state index contributed by atoms with van der Waals surface area (Å²) < 4.78 is 0. The molecule has 0 fully saturated rings. The monoisotopic (exact) mass is 246 g/mol. The lowest BCUT2D eigenvalue weighted by Gasteiger charge is -1.90. The van der Waals surface area contributed by atoms with E-state index in [0.29, 0.717) is 11.4 Å². The summed E-state index contributed by atoms with van der Waals surface area (Å²) in [6.45, 7) is 2.50. The molecule has 6 heteroatoms. The highest BCUT2D eigenvalue weighted by Crippen LogP contribution is 2.18. The Kier molecular flexibility index (Phi) is 7.21. The fraction of sp³-hybridized carbons (Fsp3) is 0.167. The number of Topliss-reactive ketones (excluding diaryl/α,β-unsaturated/α-hetero) is 2. The number of benzene rings is 1. The Balaban J connectivity index is 0.000000411. The number of isocyanates is 2. The second-order valence-electron chi connectivity index (χ2n) is 3.04. The molecular formula is C12H10N2O4. The van der Waals surface area contributed by atoms with Crippen LogP contribution in [0, 0.1) is 0 Å². The van der Waals surface area contributed by atoms with Crippen molar-refractivity contribution < 1.29 is 19.2 Å². The number of nitrogens with zero attached hydrogens (tertiary/aromatic N) is 2. The van der Waals surface area contributed by atoms with Gasteiger partial charge in [-0.1, -0.05) is 6.07 Å². The number of rotatable bonds is 3. The molecule has 0 N–H and O–H groups in total. The molecule has 0 atom stereocenters. The summed E-state index contributed by atoms with van der Waals surface area (Å²) in [6, 6.07) is 6.32. The summed E-state index contributed by atoms with van der Waals surface area (Å²) in [6.07, 6.45) is 2.78. The molecule has 0 bridgehead atoms. The molecular weight excluding hydrogens is 236 g/mol. The van der Waals surface area contributed by atoms with Gasteiger partial charge in [-0.3, -0.25) is 9.59 Å². The van der Waals surface area contributed by atoms with Crippen LogP contribution in [0.4, 0.5) is 11.4 Å². The van der Waals surface area contributed by atoms with Crippen molar-refractivity contribution in [2.45, 2.75) is 13.8 Å². The smallest absolute Gasteiger partial charge is 0.240 e. The third-order valence-electron chi connectivity index (χ3n) is 1.68. The summed E-state index contributed by atoms with van der Waals surface area (Å²) in [5.41, 5.74) is 0.836. The molecule has 0 aliphatic heterocycles. The van der Waals surface area contributed by atoms with Gasteiger partial charge in [0.15, 0.2) is 11.6 Å². The molecule has 0 saturated carbocycles. The highest BCUT2D eigenvalue weighted by molar-refractivity contribution is 6.35. The van der Waals surface area contributed by atoms with Gasteiger partial charge in [-0.15, -0.1) is 0 Å². The van der Waals surface area contributed by atoms with E-state index in [-0.39, 0.29) is 11.6 Å². The average molecular weight is 246 g/mol. The van der Waals surface area contributed by atoms with Crippen LogP contribution in [0.15, 0.2) is 34.3 Å². The fourth-order valence-electron chi connectivity index (χ4n) is 0.738. The van der Waals surface area contributed by atoms with E-state index in [4.69, 9.17) is 0 Å². The third-order valence-corrected chi connectivity index (χ3v) is 1.68. The van der Waals surface area contributed by atoms with Gasteiger partial charge in [-0.05, 0) is 18.2 Å². The van der Waals surface area contributed by atoms with Crippen molar-refractivity contribution in [2.24, 2.45) is 9.98 Å². The van der Waals surface area contributed by atoms with Gasteiger partial charge in [0, 0.05) is 13.8 Å². The predicted molar refractivity (Wildman–Crippen MR) is 63.4 cm³/mol. The van der Waals surface area contributed by atoms with Crippen molar-refractivity contribution >= 4 is 35.1 Å². The summed E-state index contributed by atoms with van der Waals surface area (Å²) >= 11 is 0. The van der Waals surface area contributed by atoms with Gasteiger partial charge in [-0.25, -0.2) is 9.59 Å². The molecule has 0 aromatic heterocycles. The van der Waals surface area contributed by atoms with Crippen LogP contribution in [0.5, 0.6) is 0 Å². The van der Waals surface area contributed by atoms with E-state index in [1.54, 1.807) is 18.2 Å². The zero-order valence-corrected chi connectivity index (χ0v) is 9.84. The normalized spacial score (nSPS) is 7.89. The maximum atomic E-state index is 9.84. The molecule has 6 nitrogen and oxygen atoms in total. The minimum Gasteiger partial charge on any atom is -0.291 e. The zero-order chi connectivity index (χ0) is 14.0. The Hall–Kier alpha value is -2.68. The summed E-state index contributed by atoms with van der Waals surface area (Å²) in [7, 11) is 0. The van der Waals surface area contributed by atoms with Crippen LogP contribution in [0.1, 0.15) is 13.8 Å². The molecule has 92 valence electrons. The van der Waals surface area contributed by atoms with E-state index >= 15 is 0 Å². The minimum atomic E-state index is -0.380. The molecule has 0 aliphatic rings. The molecule has 0 saturated heterocycles. The van der Waals surface area contributed by atoms with Crippen LogP contribution in [-0.2, 0) is 19.2 Å². The molecule has 0 aliphatic carbocycles. The quantitative estimate of drug-likeness (QED) is 0.461. The molecule has 1 aromatic rings. The molecule has 0 spiro atoms. The van der Waals surface area contributed by atoms with Gasteiger partial charge < -0.3 is 0 Å². The molecule has 0 heterocycles. The SMILES string of the molecule is CC(=O)C(C)=O.O=C=Nc1cccc(N=C=O)c1. The van der Waals surface area contributed by atoms with Crippen molar-refractivity contribution in [1.82, 2.24) is 0 Å². The Bertz CT molecular complexity index is 494. The lowest BCUT2D eigenvalue weighted by molar-refractivity contribution is -0.134. The van der Waals surface area contributed by atoms with Gasteiger partial charge in [-0.2, -0.15) is 9.98 Å². The first kappa shape index (κ1) is 15.3. The number of hydrogen-bond acceptors (Lipinski definition) is 6. The summed E-state index contributed by atoms with van der Waals surface area (Å²) in [4.78, 5) is 46.0. The highest BCUT2D eigenvalue weighted by Gasteiger charge is 1.94. The Morgan fingerprint density at radius 2 is 1.33 bits per heavy atom. The van der Waals surface area contributed by atoms with Gasteiger partial charge in [0.25, 0.3) is 0 Å². The number of carbonyl (C=O) groups is 2. The molecule has 18 heavy (non-hydrogen) atoms. The van der Waals surface area contributed by atoms with Gasteiger partial charge in [0.05, 0.1) is 11.4 Å². The van der Waals surface area contributed by atoms with Crippen LogP contribution in [0.2, 0.25) is 0 Å². The van der Waals surface area contributed by atoms with E-state index < -0.39 is 0 Å². The van der Waals surface area contributed by atoms with Crippen molar-refractivity contribution in [1.29, 1.82) is 0 Å². The van der Waals surface area contributed by atoms with Gasteiger partial charge in [0.1, 0.15) is 0 Å². The number of aliphatic imine (C=N–C) groups is 2. The van der Waals surface area contributed by atoms with Crippen molar-refractivity contribution in [2.75, 3.05) is 0 Å². The molecule has 0 radical (unpaired) electrons. The summed E-state index contributed by atoms with van der Waals surface area (Å²) in [5.74, 6) is -0.759. The van der Waals surface area contributed by atoms with Crippen molar-refractivity contribution in [3.8, 4) is 0 Å². The highest BCUT2D eigenvalue weighted by atomic mass is 16.2. The predicted octanol–water partition coefficient (Wildman–Crippen LogP) is 1.79. The Morgan fingerprint density at radius 3 is 1.61 bits per heavy atom. The topological polar surface area (TPSA) is 93.0 Å². The van der Waals surface area contributed by atoms with Crippen LogP contribution in [-0.4, -0.2) is 23.7 Å². The van der Waals surface area contributed by atoms with E-state index in [1.165, 1.54) is 32.1 Å². The van der Waals surface area contributed by atoms with Crippen LogP contribution < -0.4 is 0 Å². The van der Waals surface area contributed by atoms with Crippen LogP contribution in [0.3, 0.4) is 0 Å². The van der Waals surface area contributed by atoms with Crippen LogP contribution >= 0.6 is 0 Å². The number of hydrogen-bond donors (Lipinski definition) is 0. The second-order valence-corrected chi connectivity index (χ2v) is 3.04. The first-order valence-corrected chi connectivity index (χ1v) is 4.78. The van der Waals surface area contributed by atoms with Crippen LogP contribution in [0.25, 0.3) is 0 Å². The maximum absolute atomic E-state index is 9.84. The lowest BCUT2D eigenvalue weighted by atomic mass is 10.3. The first-order chi connectivity index (χ1) is 8.51. The fourth-order valence-corrected chi connectivity index (χ4v) is 0.738. The zero-order valence-electron chi connectivity index (χ0n) is 9.84. The van der Waals surface area contributed by atoms with E-state index in [1.807, 2.05) is 0 Å².